The standard InChI is InChI=1S/C23H36N2O5/c1-28-15-16-30-17-22(27)24-18-23(19-5-3-2-4-6-19)9-7-20(21(26)8-10-23)25-11-13-29-14-12-25/h2-6,20-21,26H,7-18H2,1H3,(H,24,27)/t20-,21-,23-/m1/s1. The highest BCUT2D eigenvalue weighted by atomic mass is 16.5. The Labute approximate surface area is 179 Å². The molecule has 1 saturated carbocycles. The van der Waals surface area contributed by atoms with E-state index < -0.39 is 0 Å². The summed E-state index contributed by atoms with van der Waals surface area (Å²) in [5.74, 6) is -0.115. The lowest BCUT2D eigenvalue weighted by Crippen LogP contribution is -2.48. The Morgan fingerprint density at radius 1 is 1.20 bits per heavy atom. The molecule has 2 aliphatic rings. The average Bonchev–Trinajstić information content (AvgIpc) is 2.96. The molecule has 0 unspecified atom stereocenters. The summed E-state index contributed by atoms with van der Waals surface area (Å²) in [4.78, 5) is 14.7. The number of nitrogens with zero attached hydrogens (tertiary/aromatic N) is 1. The Kier molecular flexibility index (Phi) is 9.08. The first-order valence-corrected chi connectivity index (χ1v) is 11.0. The molecule has 1 saturated heterocycles. The lowest BCUT2D eigenvalue weighted by molar-refractivity contribution is -0.126. The van der Waals surface area contributed by atoms with Crippen LogP contribution in [0.2, 0.25) is 0 Å². The van der Waals surface area contributed by atoms with E-state index in [0.717, 1.165) is 52.0 Å². The number of hydrogen-bond donors (Lipinski definition) is 2. The molecule has 3 rings (SSSR count). The molecule has 7 heteroatoms. The number of carbonyl (C=O) groups excluding carboxylic acids is 1. The molecule has 1 aromatic carbocycles. The van der Waals surface area contributed by atoms with Gasteiger partial charge in [0, 0.05) is 38.2 Å². The second-order valence-electron chi connectivity index (χ2n) is 8.33. The molecule has 7 nitrogen and oxygen atoms in total. The third-order valence-corrected chi connectivity index (χ3v) is 6.47. The maximum Gasteiger partial charge on any atom is 0.246 e. The minimum Gasteiger partial charge on any atom is -0.391 e. The van der Waals surface area contributed by atoms with Crippen molar-refractivity contribution in [3.63, 3.8) is 0 Å². The van der Waals surface area contributed by atoms with Crippen LogP contribution < -0.4 is 5.32 Å². The molecule has 0 spiro atoms. The second kappa shape index (κ2) is 11.8. The number of carbonyl (C=O) groups is 1. The molecule has 1 heterocycles. The van der Waals surface area contributed by atoms with E-state index in [-0.39, 0.29) is 30.1 Å². The van der Waals surface area contributed by atoms with Gasteiger partial charge in [-0.2, -0.15) is 0 Å². The third-order valence-electron chi connectivity index (χ3n) is 6.47. The van der Waals surface area contributed by atoms with Crippen LogP contribution in [0.15, 0.2) is 30.3 Å². The monoisotopic (exact) mass is 420 g/mol. The predicted molar refractivity (Wildman–Crippen MR) is 114 cm³/mol. The summed E-state index contributed by atoms with van der Waals surface area (Å²) in [6.07, 6.45) is 3.01. The van der Waals surface area contributed by atoms with Crippen molar-refractivity contribution in [2.75, 3.05) is 59.8 Å². The maximum atomic E-state index is 12.3. The molecule has 168 valence electrons. The third kappa shape index (κ3) is 6.25. The SMILES string of the molecule is COCCOCC(=O)NC[C@]1(c2ccccc2)CC[C@@H](O)[C@H](N2CCOCC2)CC1. The highest BCUT2D eigenvalue weighted by Gasteiger charge is 2.40. The van der Waals surface area contributed by atoms with E-state index in [0.29, 0.717) is 19.8 Å². The quantitative estimate of drug-likeness (QED) is 0.464. The molecule has 1 amide bonds. The fraction of sp³-hybridized carbons (Fsp3) is 0.696. The summed E-state index contributed by atoms with van der Waals surface area (Å²) < 4.78 is 15.8. The van der Waals surface area contributed by atoms with Crippen molar-refractivity contribution in [2.45, 2.75) is 43.2 Å². The first-order valence-electron chi connectivity index (χ1n) is 11.0. The summed E-state index contributed by atoms with van der Waals surface area (Å²) in [5.41, 5.74) is 1.03. The van der Waals surface area contributed by atoms with Gasteiger partial charge in [-0.25, -0.2) is 0 Å². The summed E-state index contributed by atoms with van der Waals surface area (Å²) in [7, 11) is 1.61. The van der Waals surface area contributed by atoms with Crippen molar-refractivity contribution in [3.8, 4) is 0 Å². The molecule has 0 radical (unpaired) electrons. The molecule has 2 N–H and O–H groups in total. The molecule has 0 aromatic heterocycles. The number of methoxy groups -OCH3 is 1. The minimum absolute atomic E-state index is 0.0350. The van der Waals surface area contributed by atoms with Crippen molar-refractivity contribution in [1.82, 2.24) is 10.2 Å². The zero-order chi connectivity index (χ0) is 21.2. The number of amides is 1. The topological polar surface area (TPSA) is 80.3 Å². The van der Waals surface area contributed by atoms with Crippen molar-refractivity contribution in [2.24, 2.45) is 0 Å². The van der Waals surface area contributed by atoms with Gasteiger partial charge in [0.25, 0.3) is 0 Å². The molecule has 3 atom stereocenters. The largest absolute Gasteiger partial charge is 0.391 e. The smallest absolute Gasteiger partial charge is 0.246 e. The van der Waals surface area contributed by atoms with Crippen LogP contribution in [-0.4, -0.2) is 87.8 Å². The van der Waals surface area contributed by atoms with Gasteiger partial charge in [-0.1, -0.05) is 30.3 Å². The van der Waals surface area contributed by atoms with Gasteiger partial charge in [0.1, 0.15) is 6.61 Å². The van der Waals surface area contributed by atoms with E-state index >= 15 is 0 Å². The summed E-state index contributed by atoms with van der Waals surface area (Å²) in [5, 5.41) is 14.0. The summed E-state index contributed by atoms with van der Waals surface area (Å²) in [6.45, 7) is 4.66. The van der Waals surface area contributed by atoms with Crippen LogP contribution in [0.25, 0.3) is 0 Å². The van der Waals surface area contributed by atoms with Crippen LogP contribution in [0.4, 0.5) is 0 Å². The molecule has 0 bridgehead atoms. The van der Waals surface area contributed by atoms with E-state index in [1.54, 1.807) is 7.11 Å². The Hall–Kier alpha value is -1.51. The van der Waals surface area contributed by atoms with Crippen molar-refractivity contribution in [3.05, 3.63) is 35.9 Å². The Balaban J connectivity index is 1.67. The fourth-order valence-corrected chi connectivity index (χ4v) is 4.68. The lowest BCUT2D eigenvalue weighted by Gasteiger charge is -2.37. The van der Waals surface area contributed by atoms with Crippen molar-refractivity contribution in [1.29, 1.82) is 0 Å². The average molecular weight is 421 g/mol. The molecular formula is C23H36N2O5. The maximum absolute atomic E-state index is 12.3. The minimum atomic E-state index is -0.359. The van der Waals surface area contributed by atoms with Crippen molar-refractivity contribution < 1.29 is 24.1 Å². The van der Waals surface area contributed by atoms with Crippen molar-refractivity contribution >= 4 is 5.91 Å². The highest BCUT2D eigenvalue weighted by molar-refractivity contribution is 5.77. The van der Waals surface area contributed by atoms with Gasteiger partial charge >= 0.3 is 0 Å². The summed E-state index contributed by atoms with van der Waals surface area (Å²) >= 11 is 0. The number of morpholine rings is 1. The number of benzene rings is 1. The number of aliphatic hydroxyl groups is 1. The van der Waals surface area contributed by atoms with Gasteiger partial charge < -0.3 is 24.6 Å². The number of ether oxygens (including phenoxy) is 3. The van der Waals surface area contributed by atoms with Crippen LogP contribution in [-0.2, 0) is 24.4 Å². The van der Waals surface area contributed by atoms with Gasteiger partial charge in [0.15, 0.2) is 0 Å². The van der Waals surface area contributed by atoms with Crippen LogP contribution >= 0.6 is 0 Å². The van der Waals surface area contributed by atoms with Crippen LogP contribution in [0.1, 0.15) is 31.2 Å². The molecule has 1 aromatic rings. The Bertz CT molecular complexity index is 638. The zero-order valence-electron chi connectivity index (χ0n) is 18.1. The van der Waals surface area contributed by atoms with E-state index in [2.05, 4.69) is 22.3 Å². The predicted octanol–water partition coefficient (Wildman–Crippen LogP) is 1.34. The highest BCUT2D eigenvalue weighted by Crippen LogP contribution is 2.39. The van der Waals surface area contributed by atoms with Gasteiger partial charge in [-0.3, -0.25) is 9.69 Å². The van der Waals surface area contributed by atoms with Crippen LogP contribution in [0.3, 0.4) is 0 Å². The number of hydrogen-bond acceptors (Lipinski definition) is 6. The van der Waals surface area contributed by atoms with Gasteiger partial charge in [0.05, 0.1) is 32.5 Å². The number of nitrogens with one attached hydrogen (secondary N) is 1. The first-order chi connectivity index (χ1) is 14.6. The molecule has 1 aliphatic heterocycles. The van der Waals surface area contributed by atoms with Gasteiger partial charge in [0.2, 0.25) is 5.91 Å². The van der Waals surface area contributed by atoms with Gasteiger partial charge in [-0.15, -0.1) is 0 Å². The molecule has 30 heavy (non-hydrogen) atoms. The van der Waals surface area contributed by atoms with Crippen LogP contribution in [0.5, 0.6) is 0 Å². The molecule has 1 aliphatic carbocycles. The van der Waals surface area contributed by atoms with Gasteiger partial charge in [-0.05, 0) is 31.2 Å². The lowest BCUT2D eigenvalue weighted by atomic mass is 9.74. The Morgan fingerprint density at radius 3 is 2.67 bits per heavy atom. The van der Waals surface area contributed by atoms with E-state index in [4.69, 9.17) is 14.2 Å². The van der Waals surface area contributed by atoms with E-state index in [1.807, 2.05) is 18.2 Å². The normalized spacial score (nSPS) is 28.1. The molecular weight excluding hydrogens is 384 g/mol. The second-order valence-corrected chi connectivity index (χ2v) is 8.33. The molecule has 2 fully saturated rings. The van der Waals surface area contributed by atoms with Crippen LogP contribution in [0, 0.1) is 0 Å². The number of aliphatic hydroxyl groups excluding tert-OH is 1. The fourth-order valence-electron chi connectivity index (χ4n) is 4.68. The van der Waals surface area contributed by atoms with E-state index in [1.165, 1.54) is 5.56 Å². The number of rotatable bonds is 9. The summed E-state index contributed by atoms with van der Waals surface area (Å²) in [6, 6.07) is 10.5. The zero-order valence-corrected chi connectivity index (χ0v) is 18.1. The van der Waals surface area contributed by atoms with E-state index in [9.17, 15) is 9.90 Å². The Morgan fingerprint density at radius 2 is 1.93 bits per heavy atom. The first kappa shape index (κ1) is 23.2.